The molecule has 0 bridgehead atoms. The Balaban J connectivity index is 1.47. The van der Waals surface area contributed by atoms with Crippen LogP contribution < -0.4 is 5.32 Å². The number of para-hydroxylation sites is 1. The number of amides is 1. The summed E-state index contributed by atoms with van der Waals surface area (Å²) in [4.78, 5) is 24.4. The molecule has 3 aromatic rings. The molecule has 0 saturated heterocycles. The molecule has 1 aromatic carbocycles. The van der Waals surface area contributed by atoms with Gasteiger partial charge in [0.2, 0.25) is 0 Å². The van der Waals surface area contributed by atoms with Crippen LogP contribution in [0.3, 0.4) is 0 Å². The smallest absolute Gasteiger partial charge is 0.359 e. The van der Waals surface area contributed by atoms with Crippen LogP contribution in [-0.4, -0.2) is 33.4 Å². The highest BCUT2D eigenvalue weighted by molar-refractivity contribution is 5.95. The van der Waals surface area contributed by atoms with E-state index in [1.807, 2.05) is 30.3 Å². The summed E-state index contributed by atoms with van der Waals surface area (Å²) in [6.45, 7) is 1.30. The zero-order valence-electron chi connectivity index (χ0n) is 14.8. The van der Waals surface area contributed by atoms with Gasteiger partial charge in [-0.3, -0.25) is 4.79 Å². The van der Waals surface area contributed by atoms with Crippen molar-refractivity contribution in [3.8, 4) is 5.69 Å². The average Bonchev–Trinajstić information content (AvgIpc) is 3.37. The van der Waals surface area contributed by atoms with E-state index in [4.69, 9.17) is 9.26 Å². The second-order valence-corrected chi connectivity index (χ2v) is 6.32. The molecule has 138 valence electrons. The topological polar surface area (TPSA) is 99.2 Å². The molecule has 1 aliphatic rings. The van der Waals surface area contributed by atoms with Crippen LogP contribution >= 0.6 is 0 Å². The summed E-state index contributed by atoms with van der Waals surface area (Å²) in [5.74, 6) is -0.239. The Bertz CT molecular complexity index is 991. The Morgan fingerprint density at radius 1 is 1.26 bits per heavy atom. The fourth-order valence-corrected chi connectivity index (χ4v) is 3.19. The van der Waals surface area contributed by atoms with Gasteiger partial charge in [-0.15, -0.1) is 0 Å². The Hall–Kier alpha value is -3.42. The van der Waals surface area contributed by atoms with Crippen molar-refractivity contribution < 1.29 is 18.8 Å². The minimum absolute atomic E-state index is 0.274. The van der Waals surface area contributed by atoms with Gasteiger partial charge in [0, 0.05) is 17.3 Å². The minimum atomic E-state index is -0.602. The number of carbonyl (C=O) groups is 2. The van der Waals surface area contributed by atoms with Gasteiger partial charge in [-0.25, -0.2) is 9.48 Å². The summed E-state index contributed by atoms with van der Waals surface area (Å²) < 4.78 is 11.8. The normalized spacial score (nSPS) is 12.6. The molecule has 0 atom stereocenters. The quantitative estimate of drug-likeness (QED) is 0.697. The fraction of sp³-hybridized carbons (Fsp3) is 0.263. The molecule has 2 heterocycles. The number of hydrogen-bond acceptors (Lipinski definition) is 6. The lowest BCUT2D eigenvalue weighted by Crippen LogP contribution is -2.21. The molecule has 0 spiro atoms. The number of nitrogens with one attached hydrogen (secondary N) is 1. The third-order valence-corrected chi connectivity index (χ3v) is 4.35. The minimum Gasteiger partial charge on any atom is -0.451 e. The average molecular weight is 366 g/mol. The molecule has 8 nitrogen and oxygen atoms in total. The standard InChI is InChI=1S/C19H18N4O4/c1-12-10-16(22-27-12)20-17(24)11-26-19(25)18-14-8-5-9-15(14)23(21-18)13-6-3-2-4-7-13/h2-4,6-7,10H,5,8-9,11H2,1H3,(H,20,22,24). The maximum absolute atomic E-state index is 12.5. The summed E-state index contributed by atoms with van der Waals surface area (Å²) in [5.41, 5.74) is 3.09. The molecule has 8 heteroatoms. The zero-order chi connectivity index (χ0) is 18.8. The summed E-state index contributed by atoms with van der Waals surface area (Å²) >= 11 is 0. The molecule has 4 rings (SSSR count). The third kappa shape index (κ3) is 3.46. The Kier molecular flexibility index (Phi) is 4.45. The highest BCUT2D eigenvalue weighted by atomic mass is 16.5. The summed E-state index contributed by atoms with van der Waals surface area (Å²) in [6, 6.07) is 11.2. The van der Waals surface area contributed by atoms with Gasteiger partial charge < -0.3 is 14.6 Å². The van der Waals surface area contributed by atoms with Gasteiger partial charge in [-0.05, 0) is 38.3 Å². The van der Waals surface area contributed by atoms with Crippen LogP contribution in [0.4, 0.5) is 5.82 Å². The van der Waals surface area contributed by atoms with Gasteiger partial charge in [0.15, 0.2) is 18.1 Å². The van der Waals surface area contributed by atoms with E-state index in [0.717, 1.165) is 36.2 Å². The lowest BCUT2D eigenvalue weighted by atomic mass is 10.2. The second-order valence-electron chi connectivity index (χ2n) is 6.32. The number of aromatic nitrogens is 3. The van der Waals surface area contributed by atoms with Crippen molar-refractivity contribution in [3.05, 3.63) is 59.1 Å². The van der Waals surface area contributed by atoms with E-state index in [1.165, 1.54) is 0 Å². The van der Waals surface area contributed by atoms with E-state index >= 15 is 0 Å². The number of nitrogens with zero attached hydrogens (tertiary/aromatic N) is 3. The third-order valence-electron chi connectivity index (χ3n) is 4.35. The highest BCUT2D eigenvalue weighted by Gasteiger charge is 2.28. The predicted octanol–water partition coefficient (Wildman–Crippen LogP) is 2.45. The number of hydrogen-bond donors (Lipinski definition) is 1. The number of benzene rings is 1. The fourth-order valence-electron chi connectivity index (χ4n) is 3.19. The molecule has 2 aromatic heterocycles. The predicted molar refractivity (Wildman–Crippen MR) is 95.7 cm³/mol. The van der Waals surface area contributed by atoms with E-state index < -0.39 is 18.5 Å². The molecule has 0 unspecified atom stereocenters. The summed E-state index contributed by atoms with van der Waals surface area (Å²) in [7, 11) is 0. The van der Waals surface area contributed by atoms with Crippen molar-refractivity contribution in [1.29, 1.82) is 0 Å². The first-order valence-electron chi connectivity index (χ1n) is 8.68. The monoisotopic (exact) mass is 366 g/mol. The first kappa shape index (κ1) is 17.0. The van der Waals surface area contributed by atoms with Crippen LogP contribution in [0.1, 0.15) is 33.9 Å². The molecule has 0 aliphatic heterocycles. The maximum atomic E-state index is 12.5. The van der Waals surface area contributed by atoms with E-state index in [-0.39, 0.29) is 11.5 Å². The van der Waals surface area contributed by atoms with Crippen molar-refractivity contribution in [1.82, 2.24) is 14.9 Å². The number of fused-ring (bicyclic) bond motifs is 1. The number of ether oxygens (including phenoxy) is 1. The van der Waals surface area contributed by atoms with Crippen LogP contribution in [0.15, 0.2) is 40.9 Å². The van der Waals surface area contributed by atoms with E-state index in [0.29, 0.717) is 5.76 Å². The largest absolute Gasteiger partial charge is 0.451 e. The van der Waals surface area contributed by atoms with Crippen LogP contribution in [-0.2, 0) is 22.4 Å². The van der Waals surface area contributed by atoms with Gasteiger partial charge >= 0.3 is 5.97 Å². The molecule has 0 saturated carbocycles. The SMILES string of the molecule is Cc1cc(NC(=O)COC(=O)c2nn(-c3ccccc3)c3c2CCC3)no1. The summed E-state index contributed by atoms with van der Waals surface area (Å²) in [6.07, 6.45) is 2.60. The Labute approximate surface area is 155 Å². The number of carbonyl (C=O) groups excluding carboxylic acids is 2. The first-order chi connectivity index (χ1) is 13.1. The van der Waals surface area contributed by atoms with Gasteiger partial charge in [0.1, 0.15) is 5.76 Å². The van der Waals surface area contributed by atoms with Crippen molar-refractivity contribution in [2.75, 3.05) is 11.9 Å². The van der Waals surface area contributed by atoms with E-state index in [9.17, 15) is 9.59 Å². The van der Waals surface area contributed by atoms with Crippen LogP contribution in [0.25, 0.3) is 5.69 Å². The molecular formula is C19H18N4O4. The molecule has 0 fully saturated rings. The molecule has 1 N–H and O–H groups in total. The lowest BCUT2D eigenvalue weighted by Gasteiger charge is -2.05. The van der Waals surface area contributed by atoms with E-state index in [1.54, 1.807) is 17.7 Å². The number of rotatable bonds is 5. The highest BCUT2D eigenvalue weighted by Crippen LogP contribution is 2.28. The molecular weight excluding hydrogens is 348 g/mol. The molecule has 1 amide bonds. The summed E-state index contributed by atoms with van der Waals surface area (Å²) in [5, 5.41) is 10.6. The van der Waals surface area contributed by atoms with Crippen LogP contribution in [0.5, 0.6) is 0 Å². The maximum Gasteiger partial charge on any atom is 0.359 e. The van der Waals surface area contributed by atoms with Crippen LogP contribution in [0.2, 0.25) is 0 Å². The molecule has 1 aliphatic carbocycles. The van der Waals surface area contributed by atoms with Crippen LogP contribution in [0, 0.1) is 6.92 Å². The van der Waals surface area contributed by atoms with Gasteiger partial charge in [-0.1, -0.05) is 23.4 Å². The molecule has 27 heavy (non-hydrogen) atoms. The van der Waals surface area contributed by atoms with Gasteiger partial charge in [0.25, 0.3) is 5.91 Å². The first-order valence-corrected chi connectivity index (χ1v) is 8.68. The Morgan fingerprint density at radius 2 is 2.07 bits per heavy atom. The van der Waals surface area contributed by atoms with Gasteiger partial charge in [0.05, 0.1) is 5.69 Å². The molecule has 0 radical (unpaired) electrons. The Morgan fingerprint density at radius 3 is 2.81 bits per heavy atom. The lowest BCUT2D eigenvalue weighted by molar-refractivity contribution is -0.119. The zero-order valence-corrected chi connectivity index (χ0v) is 14.8. The van der Waals surface area contributed by atoms with E-state index in [2.05, 4.69) is 15.6 Å². The van der Waals surface area contributed by atoms with Crippen molar-refractivity contribution in [2.24, 2.45) is 0 Å². The van der Waals surface area contributed by atoms with Gasteiger partial charge in [-0.2, -0.15) is 5.10 Å². The van der Waals surface area contributed by atoms with Crippen molar-refractivity contribution >= 4 is 17.7 Å². The van der Waals surface area contributed by atoms with Crippen molar-refractivity contribution in [2.45, 2.75) is 26.2 Å². The van der Waals surface area contributed by atoms with Crippen molar-refractivity contribution in [3.63, 3.8) is 0 Å². The number of anilines is 1. The number of aryl methyl sites for hydroxylation is 1. The second kappa shape index (κ2) is 7.06. The number of esters is 1.